The summed E-state index contributed by atoms with van der Waals surface area (Å²) in [4.78, 5) is 32.0. The lowest BCUT2D eigenvalue weighted by Gasteiger charge is -2.14. The van der Waals surface area contributed by atoms with Gasteiger partial charge in [-0.05, 0) is 65.1 Å². The molecular weight excluding hydrogens is 456 g/mol. The normalized spacial score (nSPS) is 13.9. The van der Waals surface area contributed by atoms with Crippen LogP contribution in [0.2, 0.25) is 0 Å². The number of esters is 1. The maximum Gasteiger partial charge on any atom is 0.339 e. The first kappa shape index (κ1) is 23.0. The van der Waals surface area contributed by atoms with Gasteiger partial charge in [0.2, 0.25) is 0 Å². The second-order valence-corrected chi connectivity index (χ2v) is 9.86. The molecule has 0 radical (unpaired) electrons. The fraction of sp³-hybridized carbons (Fsp3) is 0.207. The molecule has 1 N–H and O–H groups in total. The lowest BCUT2D eigenvalue weighted by molar-refractivity contribution is -0.119. The van der Waals surface area contributed by atoms with Gasteiger partial charge in [-0.2, -0.15) is 0 Å². The van der Waals surface area contributed by atoms with E-state index < -0.39 is 5.97 Å². The van der Waals surface area contributed by atoms with Gasteiger partial charge in [0.15, 0.2) is 6.61 Å². The van der Waals surface area contributed by atoms with Crippen molar-refractivity contribution < 1.29 is 14.3 Å². The molecule has 0 saturated heterocycles. The first-order valence-corrected chi connectivity index (χ1v) is 12.6. The zero-order valence-corrected chi connectivity index (χ0v) is 20.5. The maximum atomic E-state index is 13.3. The van der Waals surface area contributed by atoms with Crippen LogP contribution < -0.4 is 5.32 Å². The number of benzene rings is 2. The average Bonchev–Trinajstić information content (AvgIpc) is 3.52. The van der Waals surface area contributed by atoms with Crippen LogP contribution in [0.3, 0.4) is 0 Å². The molecule has 0 aliphatic heterocycles. The van der Waals surface area contributed by atoms with Crippen molar-refractivity contribution in [2.45, 2.75) is 32.6 Å². The number of allylic oxidation sites excluding steroid dienone is 1. The van der Waals surface area contributed by atoms with Gasteiger partial charge >= 0.3 is 5.97 Å². The third kappa shape index (κ3) is 4.75. The van der Waals surface area contributed by atoms with E-state index in [4.69, 9.17) is 9.72 Å². The molecule has 2 aromatic heterocycles. The van der Waals surface area contributed by atoms with E-state index in [1.54, 1.807) is 11.3 Å². The molecule has 1 aliphatic rings. The van der Waals surface area contributed by atoms with Crippen molar-refractivity contribution >= 4 is 51.5 Å². The Kier molecular flexibility index (Phi) is 6.47. The number of amides is 1. The first-order chi connectivity index (χ1) is 17.0. The van der Waals surface area contributed by atoms with Gasteiger partial charge in [0.1, 0.15) is 0 Å². The number of anilines is 1. The molecule has 5 rings (SSSR count). The van der Waals surface area contributed by atoms with E-state index in [9.17, 15) is 9.59 Å². The summed E-state index contributed by atoms with van der Waals surface area (Å²) in [5.74, 6) is -0.597. The van der Waals surface area contributed by atoms with Gasteiger partial charge in [0.05, 0.1) is 16.8 Å². The van der Waals surface area contributed by atoms with Gasteiger partial charge in [0.25, 0.3) is 5.91 Å². The fourth-order valence-electron chi connectivity index (χ4n) is 4.56. The highest BCUT2D eigenvalue weighted by atomic mass is 32.1. The minimum Gasteiger partial charge on any atom is -0.452 e. The minimum absolute atomic E-state index is 0.260. The number of rotatable bonds is 6. The van der Waals surface area contributed by atoms with E-state index in [-0.39, 0.29) is 18.4 Å². The first-order valence-electron chi connectivity index (χ1n) is 11.7. The van der Waals surface area contributed by atoms with Crippen molar-refractivity contribution in [3.63, 3.8) is 0 Å². The van der Waals surface area contributed by atoms with Crippen LogP contribution in [-0.4, -0.2) is 23.5 Å². The highest BCUT2D eigenvalue weighted by Gasteiger charge is 2.28. The number of nitrogens with one attached hydrogen (secondary N) is 1. The SMILES string of the molecule is CC(C)c1ccccc1NC(=O)COC(=O)c1c2c(nc3ccccc13)C(=Cc1cccs1)CC2. The van der Waals surface area contributed by atoms with E-state index in [2.05, 4.69) is 31.3 Å². The van der Waals surface area contributed by atoms with Crippen LogP contribution >= 0.6 is 11.3 Å². The van der Waals surface area contributed by atoms with E-state index >= 15 is 0 Å². The highest BCUT2D eigenvalue weighted by molar-refractivity contribution is 7.10. The van der Waals surface area contributed by atoms with E-state index in [0.29, 0.717) is 12.0 Å². The zero-order valence-electron chi connectivity index (χ0n) is 19.7. The van der Waals surface area contributed by atoms with Gasteiger partial charge in [-0.15, -0.1) is 11.3 Å². The molecule has 0 spiro atoms. The number of carbonyl (C=O) groups excluding carboxylic acids is 2. The topological polar surface area (TPSA) is 68.3 Å². The number of nitrogens with zero attached hydrogens (tertiary/aromatic N) is 1. The molecule has 2 aromatic carbocycles. The molecule has 5 nitrogen and oxygen atoms in total. The van der Waals surface area contributed by atoms with Gasteiger partial charge in [0, 0.05) is 16.0 Å². The summed E-state index contributed by atoms with van der Waals surface area (Å²) < 4.78 is 5.54. The van der Waals surface area contributed by atoms with Crippen molar-refractivity contribution in [2.75, 3.05) is 11.9 Å². The summed E-state index contributed by atoms with van der Waals surface area (Å²) >= 11 is 1.67. The predicted octanol–water partition coefficient (Wildman–Crippen LogP) is 6.70. The molecule has 0 atom stereocenters. The van der Waals surface area contributed by atoms with Crippen LogP contribution in [0.4, 0.5) is 5.69 Å². The van der Waals surface area contributed by atoms with Crippen LogP contribution in [0, 0.1) is 0 Å². The van der Waals surface area contributed by atoms with Crippen LogP contribution in [0.15, 0.2) is 66.0 Å². The molecule has 35 heavy (non-hydrogen) atoms. The summed E-state index contributed by atoms with van der Waals surface area (Å²) in [6, 6.07) is 19.4. The summed E-state index contributed by atoms with van der Waals surface area (Å²) in [6.45, 7) is 3.79. The Balaban J connectivity index is 1.41. The Labute approximate surface area is 208 Å². The molecule has 0 bridgehead atoms. The van der Waals surface area contributed by atoms with E-state index in [1.807, 2.05) is 60.0 Å². The van der Waals surface area contributed by atoms with Crippen molar-refractivity contribution in [1.82, 2.24) is 4.98 Å². The standard InChI is InChI=1S/C29H26N2O3S/c1-18(2)21-9-3-5-11-24(21)30-26(32)17-34-29(33)27-22-10-4-6-12-25(22)31-28-19(13-14-23(27)28)16-20-8-7-15-35-20/h3-12,15-16,18H,13-14,17H2,1-2H3,(H,30,32). The number of pyridine rings is 1. The van der Waals surface area contributed by atoms with E-state index in [1.165, 1.54) is 0 Å². The number of hydrogen-bond acceptors (Lipinski definition) is 5. The number of thiophene rings is 1. The predicted molar refractivity (Wildman–Crippen MR) is 142 cm³/mol. The van der Waals surface area contributed by atoms with Crippen LogP contribution in [-0.2, 0) is 16.0 Å². The van der Waals surface area contributed by atoms with Crippen molar-refractivity contribution in [3.8, 4) is 0 Å². The second kappa shape index (κ2) is 9.84. The Bertz CT molecular complexity index is 1440. The van der Waals surface area contributed by atoms with Crippen LogP contribution in [0.5, 0.6) is 0 Å². The van der Waals surface area contributed by atoms with Crippen molar-refractivity contribution in [3.05, 3.63) is 93.3 Å². The fourth-order valence-corrected chi connectivity index (χ4v) is 5.24. The number of hydrogen-bond donors (Lipinski definition) is 1. The summed E-state index contributed by atoms with van der Waals surface area (Å²) in [5.41, 5.74) is 5.88. The van der Waals surface area contributed by atoms with Crippen LogP contribution in [0.25, 0.3) is 22.6 Å². The van der Waals surface area contributed by atoms with Gasteiger partial charge < -0.3 is 10.1 Å². The van der Waals surface area contributed by atoms with Gasteiger partial charge in [-0.25, -0.2) is 9.78 Å². The third-order valence-electron chi connectivity index (χ3n) is 6.20. The van der Waals surface area contributed by atoms with Gasteiger partial charge in [-0.1, -0.05) is 56.3 Å². The zero-order chi connectivity index (χ0) is 24.4. The lowest BCUT2D eigenvalue weighted by Crippen LogP contribution is -2.22. The molecule has 1 amide bonds. The summed E-state index contributed by atoms with van der Waals surface area (Å²) in [5, 5.41) is 5.68. The monoisotopic (exact) mass is 482 g/mol. The second-order valence-electron chi connectivity index (χ2n) is 8.88. The van der Waals surface area contributed by atoms with Gasteiger partial charge in [-0.3, -0.25) is 4.79 Å². The largest absolute Gasteiger partial charge is 0.452 e. The molecule has 0 saturated carbocycles. The highest BCUT2D eigenvalue weighted by Crippen LogP contribution is 2.38. The molecule has 176 valence electrons. The molecular formula is C29H26N2O3S. The number of para-hydroxylation sites is 2. The Morgan fingerprint density at radius 3 is 2.66 bits per heavy atom. The summed E-state index contributed by atoms with van der Waals surface area (Å²) in [7, 11) is 0. The molecule has 0 unspecified atom stereocenters. The maximum absolute atomic E-state index is 13.3. The van der Waals surface area contributed by atoms with Crippen molar-refractivity contribution in [2.24, 2.45) is 0 Å². The minimum atomic E-state index is -0.496. The number of fused-ring (bicyclic) bond motifs is 2. The summed E-state index contributed by atoms with van der Waals surface area (Å²) in [6.07, 6.45) is 3.67. The smallest absolute Gasteiger partial charge is 0.339 e. The number of aromatic nitrogens is 1. The molecule has 0 fully saturated rings. The quantitative estimate of drug-likeness (QED) is 0.310. The van der Waals surface area contributed by atoms with Crippen LogP contribution in [0.1, 0.15) is 58.2 Å². The Hall–Kier alpha value is -3.77. The third-order valence-corrected chi connectivity index (χ3v) is 7.02. The number of carbonyl (C=O) groups is 2. The average molecular weight is 483 g/mol. The molecule has 2 heterocycles. The Morgan fingerprint density at radius 1 is 1.06 bits per heavy atom. The number of ether oxygens (including phenoxy) is 1. The lowest BCUT2D eigenvalue weighted by atomic mass is 10.0. The molecule has 1 aliphatic carbocycles. The van der Waals surface area contributed by atoms with Crippen molar-refractivity contribution in [1.29, 1.82) is 0 Å². The molecule has 4 aromatic rings. The van der Waals surface area contributed by atoms with E-state index in [0.717, 1.165) is 50.3 Å². The Morgan fingerprint density at radius 2 is 1.86 bits per heavy atom. The molecule has 6 heteroatoms.